The molecule has 5 nitrogen and oxygen atoms in total. The number of benzene rings is 2. The van der Waals surface area contributed by atoms with Crippen molar-refractivity contribution in [3.8, 4) is 0 Å². The molecule has 1 saturated heterocycles. The lowest BCUT2D eigenvalue weighted by Gasteiger charge is -2.24. The van der Waals surface area contributed by atoms with Gasteiger partial charge in [-0.2, -0.15) is 0 Å². The Bertz CT molecular complexity index is 804. The first kappa shape index (κ1) is 20.1. The minimum Gasteiger partial charge on any atom is -0.370 e. The molecule has 1 aliphatic rings. The summed E-state index contributed by atoms with van der Waals surface area (Å²) < 4.78 is 0. The minimum absolute atomic E-state index is 0.201. The van der Waals surface area contributed by atoms with E-state index in [1.54, 1.807) is 0 Å². The van der Waals surface area contributed by atoms with Gasteiger partial charge in [0.2, 0.25) is 5.91 Å². The molecule has 0 aliphatic carbocycles. The van der Waals surface area contributed by atoms with Crippen molar-refractivity contribution in [2.24, 2.45) is 0 Å². The number of nitrogens with zero attached hydrogens (tertiary/aromatic N) is 2. The summed E-state index contributed by atoms with van der Waals surface area (Å²) in [5.74, 6) is 0.201. The van der Waals surface area contributed by atoms with E-state index in [2.05, 4.69) is 53.6 Å². The largest absolute Gasteiger partial charge is 0.370 e. The molecule has 0 unspecified atom stereocenters. The number of aryl methyl sites for hydroxylation is 1. The van der Waals surface area contributed by atoms with E-state index in [0.29, 0.717) is 11.5 Å². The maximum atomic E-state index is 11.8. The molecular weight excluding hydrogens is 368 g/mol. The molecule has 2 aromatic carbocycles. The lowest BCUT2D eigenvalue weighted by molar-refractivity contribution is -0.117. The fraction of sp³-hybridized carbons (Fsp3) is 0.364. The van der Waals surface area contributed by atoms with E-state index in [9.17, 15) is 4.79 Å². The zero-order valence-electron chi connectivity index (χ0n) is 16.6. The highest BCUT2D eigenvalue weighted by Crippen LogP contribution is 2.23. The smallest absolute Gasteiger partial charge is 0.227 e. The number of hydrogen-bond acceptors (Lipinski definition) is 3. The first-order valence-corrected chi connectivity index (χ1v) is 10.2. The first-order valence-electron chi connectivity index (χ1n) is 9.83. The molecule has 3 rings (SSSR count). The quantitative estimate of drug-likeness (QED) is 0.695. The molecule has 0 radical (unpaired) electrons. The highest BCUT2D eigenvalue weighted by Gasteiger charge is 2.21. The Labute approximate surface area is 172 Å². The number of likely N-dealkylation sites (N-methyl/N-ethyl adjacent to an activating group) is 1. The van der Waals surface area contributed by atoms with Crippen LogP contribution in [0, 0.1) is 6.92 Å². The molecule has 1 amide bonds. The van der Waals surface area contributed by atoms with Crippen LogP contribution in [-0.4, -0.2) is 37.2 Å². The van der Waals surface area contributed by atoms with E-state index < -0.39 is 0 Å². The number of hydrogen-bond donors (Lipinski definition) is 2. The van der Waals surface area contributed by atoms with Gasteiger partial charge in [-0.3, -0.25) is 4.79 Å². The second kappa shape index (κ2) is 9.55. The maximum absolute atomic E-state index is 11.8. The molecule has 28 heavy (non-hydrogen) atoms. The fourth-order valence-corrected chi connectivity index (χ4v) is 3.57. The van der Waals surface area contributed by atoms with Gasteiger partial charge in [0, 0.05) is 49.7 Å². The van der Waals surface area contributed by atoms with Crippen LogP contribution < -0.4 is 20.4 Å². The molecule has 1 heterocycles. The predicted octanol–water partition coefficient (Wildman–Crippen LogP) is 3.93. The Hall–Kier alpha value is -2.60. The second-order valence-electron chi connectivity index (χ2n) is 6.99. The van der Waals surface area contributed by atoms with Gasteiger partial charge in [0.05, 0.1) is 0 Å². The average Bonchev–Trinajstić information content (AvgIpc) is 3.13. The molecule has 2 aromatic rings. The number of thiocarbonyl (C=S) groups is 1. The maximum Gasteiger partial charge on any atom is 0.227 e. The molecule has 0 bridgehead atoms. The minimum atomic E-state index is 0.201. The van der Waals surface area contributed by atoms with Crippen molar-refractivity contribution < 1.29 is 4.79 Å². The number of carbonyl (C=O) groups excluding carboxylic acids is 1. The van der Waals surface area contributed by atoms with E-state index >= 15 is 0 Å². The second-order valence-corrected chi connectivity index (χ2v) is 7.40. The zero-order chi connectivity index (χ0) is 19.9. The van der Waals surface area contributed by atoms with Crippen LogP contribution in [0.5, 0.6) is 0 Å². The normalized spacial score (nSPS) is 13.5. The summed E-state index contributed by atoms with van der Waals surface area (Å²) in [6.07, 6.45) is 1.58. The van der Waals surface area contributed by atoms with Crippen molar-refractivity contribution in [1.29, 1.82) is 0 Å². The van der Waals surface area contributed by atoms with E-state index in [1.165, 1.54) is 11.3 Å². The first-order chi connectivity index (χ1) is 13.6. The topological polar surface area (TPSA) is 47.6 Å². The van der Waals surface area contributed by atoms with Crippen LogP contribution in [0.4, 0.5) is 17.1 Å². The highest BCUT2D eigenvalue weighted by atomic mass is 32.1. The van der Waals surface area contributed by atoms with E-state index in [-0.39, 0.29) is 5.91 Å². The van der Waals surface area contributed by atoms with Gasteiger partial charge >= 0.3 is 0 Å². The van der Waals surface area contributed by atoms with Gasteiger partial charge < -0.3 is 20.4 Å². The van der Waals surface area contributed by atoms with Crippen molar-refractivity contribution in [2.45, 2.75) is 26.7 Å². The molecule has 1 fully saturated rings. The van der Waals surface area contributed by atoms with Crippen LogP contribution in [0.3, 0.4) is 0 Å². The average molecular weight is 397 g/mol. The Kier molecular flexibility index (Phi) is 6.87. The zero-order valence-corrected chi connectivity index (χ0v) is 17.4. The van der Waals surface area contributed by atoms with Gasteiger partial charge in [-0.05, 0) is 68.9 Å². The highest BCUT2D eigenvalue weighted by molar-refractivity contribution is 7.80. The van der Waals surface area contributed by atoms with Gasteiger partial charge in [-0.15, -0.1) is 0 Å². The third kappa shape index (κ3) is 5.23. The summed E-state index contributed by atoms with van der Waals surface area (Å²) in [7, 11) is 0. The van der Waals surface area contributed by atoms with Gasteiger partial charge in [-0.25, -0.2) is 0 Å². The fourth-order valence-electron chi connectivity index (χ4n) is 3.35. The Morgan fingerprint density at radius 1 is 1.14 bits per heavy atom. The van der Waals surface area contributed by atoms with Crippen molar-refractivity contribution in [1.82, 2.24) is 5.32 Å². The molecule has 6 heteroatoms. The number of rotatable bonds is 7. The van der Waals surface area contributed by atoms with Gasteiger partial charge in [0.25, 0.3) is 0 Å². The Morgan fingerprint density at radius 3 is 2.46 bits per heavy atom. The SMILES string of the molecule is CCN(CCNC(=S)Nc1ccc(N2CCCC2=O)cc1)c1ccc(C)cc1. The number of amides is 1. The number of carbonyl (C=O) groups is 1. The molecule has 0 atom stereocenters. The van der Waals surface area contributed by atoms with Gasteiger partial charge in [0.15, 0.2) is 5.11 Å². The Balaban J connectivity index is 1.46. The molecule has 0 aromatic heterocycles. The summed E-state index contributed by atoms with van der Waals surface area (Å²) in [6, 6.07) is 16.4. The lowest BCUT2D eigenvalue weighted by Crippen LogP contribution is -2.36. The lowest BCUT2D eigenvalue weighted by atomic mass is 10.2. The molecule has 148 valence electrons. The van der Waals surface area contributed by atoms with Crippen molar-refractivity contribution in [3.63, 3.8) is 0 Å². The van der Waals surface area contributed by atoms with E-state index in [0.717, 1.165) is 44.0 Å². The Morgan fingerprint density at radius 2 is 1.86 bits per heavy atom. The van der Waals surface area contributed by atoms with Crippen molar-refractivity contribution >= 4 is 40.3 Å². The van der Waals surface area contributed by atoms with Gasteiger partial charge in [-0.1, -0.05) is 17.7 Å². The van der Waals surface area contributed by atoms with E-state index in [4.69, 9.17) is 12.2 Å². The molecular formula is C22H28N4OS. The van der Waals surface area contributed by atoms with Crippen LogP contribution >= 0.6 is 12.2 Å². The van der Waals surface area contributed by atoms with Crippen LogP contribution in [0.25, 0.3) is 0 Å². The third-order valence-electron chi connectivity index (χ3n) is 4.96. The summed E-state index contributed by atoms with van der Waals surface area (Å²) in [5, 5.41) is 7.08. The van der Waals surface area contributed by atoms with Crippen LogP contribution in [-0.2, 0) is 4.79 Å². The number of anilines is 3. The molecule has 2 N–H and O–H groups in total. The predicted molar refractivity (Wildman–Crippen MR) is 121 cm³/mol. The summed E-state index contributed by atoms with van der Waals surface area (Å²) in [5.41, 5.74) is 4.35. The standard InChI is InChI=1S/C22H28N4OS/c1-3-25(19-10-6-17(2)7-11-19)16-14-23-22(28)24-18-8-12-20(13-9-18)26-15-4-5-21(26)27/h6-13H,3-5,14-16H2,1-2H3,(H2,23,24,28). The molecule has 1 aliphatic heterocycles. The van der Waals surface area contributed by atoms with Crippen LogP contribution in [0.2, 0.25) is 0 Å². The van der Waals surface area contributed by atoms with Crippen LogP contribution in [0.15, 0.2) is 48.5 Å². The summed E-state index contributed by atoms with van der Waals surface area (Å²) >= 11 is 5.41. The van der Waals surface area contributed by atoms with E-state index in [1.807, 2.05) is 29.2 Å². The van der Waals surface area contributed by atoms with Crippen molar-refractivity contribution in [2.75, 3.05) is 41.3 Å². The van der Waals surface area contributed by atoms with Crippen molar-refractivity contribution in [3.05, 3.63) is 54.1 Å². The van der Waals surface area contributed by atoms with Crippen LogP contribution in [0.1, 0.15) is 25.3 Å². The number of nitrogens with one attached hydrogen (secondary N) is 2. The van der Waals surface area contributed by atoms with Gasteiger partial charge in [0.1, 0.15) is 0 Å². The monoisotopic (exact) mass is 396 g/mol. The molecule has 0 spiro atoms. The molecule has 0 saturated carbocycles. The summed E-state index contributed by atoms with van der Waals surface area (Å²) in [4.78, 5) is 16.0. The third-order valence-corrected chi connectivity index (χ3v) is 5.20. The summed E-state index contributed by atoms with van der Waals surface area (Å²) in [6.45, 7) is 7.64.